The summed E-state index contributed by atoms with van der Waals surface area (Å²) in [4.78, 5) is 30.8. The summed E-state index contributed by atoms with van der Waals surface area (Å²) in [6.45, 7) is 14.2. The van der Waals surface area contributed by atoms with Crippen LogP contribution in [0.4, 0.5) is 4.79 Å². The van der Waals surface area contributed by atoms with Crippen molar-refractivity contribution in [3.8, 4) is 0 Å². The van der Waals surface area contributed by atoms with E-state index in [4.69, 9.17) is 4.74 Å². The molecular formula is C29H39N3O3. The maximum absolute atomic E-state index is 14.1. The first-order valence-corrected chi connectivity index (χ1v) is 12.7. The Bertz CT molecular complexity index is 1080. The third kappa shape index (κ3) is 5.22. The SMILES string of the molecule is Cc1cc(C)cc(C(C)NC(=O)[C@@]2(N3CCN(C(=O)OC(C)(C)C)CC3)CCc3ccccc32)c1. The van der Waals surface area contributed by atoms with Crippen LogP contribution in [-0.2, 0) is 21.5 Å². The smallest absolute Gasteiger partial charge is 0.410 e. The normalized spacial score (nSPS) is 21.4. The van der Waals surface area contributed by atoms with Crippen LogP contribution in [0.15, 0.2) is 42.5 Å². The molecule has 1 heterocycles. The molecule has 1 aliphatic heterocycles. The van der Waals surface area contributed by atoms with Gasteiger partial charge in [0, 0.05) is 26.2 Å². The molecule has 0 bridgehead atoms. The van der Waals surface area contributed by atoms with E-state index < -0.39 is 11.1 Å². The second-order valence-corrected chi connectivity index (χ2v) is 11.1. The number of hydrogen-bond donors (Lipinski definition) is 1. The molecule has 2 atom stereocenters. The van der Waals surface area contributed by atoms with Crippen molar-refractivity contribution in [1.29, 1.82) is 0 Å². The first kappa shape index (κ1) is 25.2. The van der Waals surface area contributed by atoms with Crippen molar-refractivity contribution in [3.05, 3.63) is 70.3 Å². The van der Waals surface area contributed by atoms with Crippen LogP contribution in [0.3, 0.4) is 0 Å². The number of carbonyl (C=O) groups excluding carboxylic acids is 2. The van der Waals surface area contributed by atoms with Crippen molar-refractivity contribution in [1.82, 2.24) is 15.1 Å². The van der Waals surface area contributed by atoms with Crippen LogP contribution in [0.2, 0.25) is 0 Å². The Morgan fingerprint density at radius 3 is 2.26 bits per heavy atom. The number of piperazine rings is 1. The maximum atomic E-state index is 14.1. The predicted molar refractivity (Wildman–Crippen MR) is 138 cm³/mol. The molecule has 1 saturated heterocycles. The molecule has 1 unspecified atom stereocenters. The lowest BCUT2D eigenvalue weighted by atomic mass is 9.87. The monoisotopic (exact) mass is 477 g/mol. The summed E-state index contributed by atoms with van der Waals surface area (Å²) in [6.07, 6.45) is 1.32. The minimum Gasteiger partial charge on any atom is -0.444 e. The van der Waals surface area contributed by atoms with E-state index in [1.54, 1.807) is 4.90 Å². The Labute approximate surface area is 209 Å². The van der Waals surface area contributed by atoms with Gasteiger partial charge < -0.3 is 15.0 Å². The molecule has 4 rings (SSSR count). The predicted octanol–water partition coefficient (Wildman–Crippen LogP) is 4.88. The molecule has 1 aliphatic carbocycles. The molecule has 2 aromatic carbocycles. The summed E-state index contributed by atoms with van der Waals surface area (Å²) in [5.74, 6) is 0.0415. The van der Waals surface area contributed by atoms with Gasteiger partial charge in [0.25, 0.3) is 0 Å². The highest BCUT2D eigenvalue weighted by molar-refractivity contribution is 5.89. The maximum Gasteiger partial charge on any atom is 0.410 e. The van der Waals surface area contributed by atoms with Crippen LogP contribution < -0.4 is 5.32 Å². The van der Waals surface area contributed by atoms with Gasteiger partial charge in [-0.25, -0.2) is 4.79 Å². The van der Waals surface area contributed by atoms with Gasteiger partial charge in [0.15, 0.2) is 0 Å². The number of nitrogens with zero attached hydrogens (tertiary/aromatic N) is 2. The molecular weight excluding hydrogens is 438 g/mol. The van der Waals surface area contributed by atoms with Crippen LogP contribution in [0.25, 0.3) is 0 Å². The topological polar surface area (TPSA) is 61.9 Å². The van der Waals surface area contributed by atoms with Crippen LogP contribution >= 0.6 is 0 Å². The van der Waals surface area contributed by atoms with Gasteiger partial charge in [-0.15, -0.1) is 0 Å². The zero-order valence-corrected chi connectivity index (χ0v) is 22.0. The minimum absolute atomic E-state index is 0.0415. The molecule has 0 spiro atoms. The third-order valence-corrected chi connectivity index (χ3v) is 7.16. The van der Waals surface area contributed by atoms with E-state index >= 15 is 0 Å². The highest BCUT2D eigenvalue weighted by Crippen LogP contribution is 2.43. The van der Waals surface area contributed by atoms with Crippen LogP contribution in [0.5, 0.6) is 0 Å². The minimum atomic E-state index is -0.732. The highest BCUT2D eigenvalue weighted by Gasteiger charge is 2.50. The van der Waals surface area contributed by atoms with Crippen molar-refractivity contribution in [2.45, 2.75) is 71.6 Å². The summed E-state index contributed by atoms with van der Waals surface area (Å²) < 4.78 is 5.58. The Morgan fingerprint density at radius 2 is 1.63 bits per heavy atom. The van der Waals surface area contributed by atoms with E-state index in [1.807, 2.05) is 32.9 Å². The number of benzene rings is 2. The number of aryl methyl sites for hydroxylation is 3. The summed E-state index contributed by atoms with van der Waals surface area (Å²) in [7, 11) is 0. The molecule has 188 valence electrons. The van der Waals surface area contributed by atoms with E-state index in [-0.39, 0.29) is 18.0 Å². The quantitative estimate of drug-likeness (QED) is 0.682. The number of amides is 2. The van der Waals surface area contributed by atoms with Crippen molar-refractivity contribution in [3.63, 3.8) is 0 Å². The van der Waals surface area contributed by atoms with E-state index in [0.717, 1.165) is 24.0 Å². The van der Waals surface area contributed by atoms with Gasteiger partial charge in [-0.2, -0.15) is 0 Å². The Kier molecular flexibility index (Phi) is 6.96. The number of fused-ring (bicyclic) bond motifs is 1. The average molecular weight is 478 g/mol. The third-order valence-electron chi connectivity index (χ3n) is 7.16. The lowest BCUT2D eigenvalue weighted by Gasteiger charge is -2.45. The van der Waals surface area contributed by atoms with Crippen molar-refractivity contribution in [2.75, 3.05) is 26.2 Å². The van der Waals surface area contributed by atoms with Crippen molar-refractivity contribution < 1.29 is 14.3 Å². The highest BCUT2D eigenvalue weighted by atomic mass is 16.6. The van der Waals surface area contributed by atoms with Crippen molar-refractivity contribution >= 4 is 12.0 Å². The zero-order chi connectivity index (χ0) is 25.4. The fraction of sp³-hybridized carbons (Fsp3) is 0.517. The van der Waals surface area contributed by atoms with E-state index in [9.17, 15) is 9.59 Å². The zero-order valence-electron chi connectivity index (χ0n) is 22.0. The van der Waals surface area contributed by atoms with E-state index in [2.05, 4.69) is 61.3 Å². The van der Waals surface area contributed by atoms with Crippen LogP contribution in [0, 0.1) is 13.8 Å². The van der Waals surface area contributed by atoms with Gasteiger partial charge in [-0.05, 0) is 71.1 Å². The van der Waals surface area contributed by atoms with E-state index in [1.165, 1.54) is 16.7 Å². The second-order valence-electron chi connectivity index (χ2n) is 11.1. The first-order valence-electron chi connectivity index (χ1n) is 12.7. The average Bonchev–Trinajstić information content (AvgIpc) is 3.18. The number of ether oxygens (including phenoxy) is 1. The van der Waals surface area contributed by atoms with Crippen molar-refractivity contribution in [2.24, 2.45) is 0 Å². The van der Waals surface area contributed by atoms with Gasteiger partial charge in [-0.3, -0.25) is 9.69 Å². The summed E-state index contributed by atoms with van der Waals surface area (Å²) >= 11 is 0. The second kappa shape index (κ2) is 9.65. The molecule has 2 aromatic rings. The molecule has 0 aromatic heterocycles. The molecule has 1 N–H and O–H groups in total. The van der Waals surface area contributed by atoms with Gasteiger partial charge in [0.1, 0.15) is 11.1 Å². The van der Waals surface area contributed by atoms with Crippen LogP contribution in [0.1, 0.15) is 68.0 Å². The first-order chi connectivity index (χ1) is 16.5. The lowest BCUT2D eigenvalue weighted by Crippen LogP contribution is -2.61. The van der Waals surface area contributed by atoms with E-state index in [0.29, 0.717) is 26.2 Å². The number of rotatable bonds is 4. The molecule has 6 heteroatoms. The number of carbonyl (C=O) groups is 2. The molecule has 0 radical (unpaired) electrons. The molecule has 35 heavy (non-hydrogen) atoms. The molecule has 2 aliphatic rings. The van der Waals surface area contributed by atoms with Gasteiger partial charge in [0.05, 0.1) is 6.04 Å². The van der Waals surface area contributed by atoms with Gasteiger partial charge in [0.2, 0.25) is 5.91 Å². The Morgan fingerprint density at radius 1 is 1.00 bits per heavy atom. The van der Waals surface area contributed by atoms with Gasteiger partial charge in [-0.1, -0.05) is 53.6 Å². The summed E-state index contributed by atoms with van der Waals surface area (Å²) in [6, 6.07) is 14.6. The van der Waals surface area contributed by atoms with Crippen LogP contribution in [-0.4, -0.2) is 53.6 Å². The molecule has 6 nitrogen and oxygen atoms in total. The fourth-order valence-electron chi connectivity index (χ4n) is 5.56. The molecule has 2 amide bonds. The Balaban J connectivity index is 1.57. The summed E-state index contributed by atoms with van der Waals surface area (Å²) in [5.41, 5.74) is 4.58. The standard InChI is InChI=1S/C29H39N3O3/c1-20-17-21(2)19-24(18-20)22(3)30-26(33)29(12-11-23-9-7-8-10-25(23)29)32-15-13-31(14-16-32)27(34)35-28(4,5)6/h7-10,17-19,22H,11-16H2,1-6H3,(H,30,33)/t22?,29-/m1/s1. The summed E-state index contributed by atoms with van der Waals surface area (Å²) in [5, 5.41) is 3.35. The number of nitrogens with one attached hydrogen (secondary N) is 1. The fourth-order valence-corrected chi connectivity index (χ4v) is 5.56. The largest absolute Gasteiger partial charge is 0.444 e. The molecule has 0 saturated carbocycles. The Hall–Kier alpha value is -2.86. The molecule has 1 fully saturated rings. The van der Waals surface area contributed by atoms with Gasteiger partial charge >= 0.3 is 6.09 Å². The number of hydrogen-bond acceptors (Lipinski definition) is 4. The lowest BCUT2D eigenvalue weighted by molar-refractivity contribution is -0.136.